The molecule has 2 atom stereocenters. The lowest BCUT2D eigenvalue weighted by Gasteiger charge is -2.24. The van der Waals surface area contributed by atoms with Crippen LogP contribution in [-0.2, 0) is 9.59 Å². The van der Waals surface area contributed by atoms with E-state index in [-0.39, 0.29) is 30.2 Å². The van der Waals surface area contributed by atoms with Crippen LogP contribution in [0.2, 0.25) is 0 Å². The van der Waals surface area contributed by atoms with E-state index in [1.165, 1.54) is 12.8 Å². The van der Waals surface area contributed by atoms with Gasteiger partial charge in [-0.3, -0.25) is 14.6 Å². The molecule has 1 aliphatic heterocycles. The van der Waals surface area contributed by atoms with Crippen molar-refractivity contribution in [3.63, 3.8) is 0 Å². The number of amides is 2. The summed E-state index contributed by atoms with van der Waals surface area (Å²) < 4.78 is 0. The fourth-order valence-electron chi connectivity index (χ4n) is 3.01. The van der Waals surface area contributed by atoms with Crippen molar-refractivity contribution >= 4 is 11.8 Å². The van der Waals surface area contributed by atoms with E-state index in [0.29, 0.717) is 6.54 Å². The second kappa shape index (κ2) is 7.92. The average molecular weight is 303 g/mol. The first kappa shape index (κ1) is 16.5. The van der Waals surface area contributed by atoms with Gasteiger partial charge in [0.05, 0.1) is 12.0 Å². The summed E-state index contributed by atoms with van der Waals surface area (Å²) in [6.07, 6.45) is 8.21. The smallest absolute Gasteiger partial charge is 0.226 e. The molecule has 120 valence electrons. The van der Waals surface area contributed by atoms with Gasteiger partial charge in [0.2, 0.25) is 11.8 Å². The molecule has 5 nitrogen and oxygen atoms in total. The molecule has 1 saturated heterocycles. The standard InChI is InChI=1S/C17H25N3O2/c1-3-4-5-6-10-19-17(22)14-11-15(21)20(2)16(14)13-8-7-9-18-12-13/h7-9,12,14,16H,3-6,10-11H2,1-2H3,(H,19,22). The van der Waals surface area contributed by atoms with Crippen molar-refractivity contribution in [1.82, 2.24) is 15.2 Å². The first-order valence-electron chi connectivity index (χ1n) is 8.08. The van der Waals surface area contributed by atoms with E-state index < -0.39 is 0 Å². The summed E-state index contributed by atoms with van der Waals surface area (Å²) in [6, 6.07) is 3.55. The molecule has 1 N–H and O–H groups in total. The molecule has 1 fully saturated rings. The number of carbonyl (C=O) groups is 2. The lowest BCUT2D eigenvalue weighted by atomic mass is 9.94. The fourth-order valence-corrected chi connectivity index (χ4v) is 3.01. The largest absolute Gasteiger partial charge is 0.356 e. The average Bonchev–Trinajstić information content (AvgIpc) is 2.83. The molecule has 1 aliphatic rings. The highest BCUT2D eigenvalue weighted by Gasteiger charge is 2.42. The van der Waals surface area contributed by atoms with Gasteiger partial charge in [0.25, 0.3) is 0 Å². The number of rotatable bonds is 7. The van der Waals surface area contributed by atoms with E-state index in [1.54, 1.807) is 24.3 Å². The zero-order chi connectivity index (χ0) is 15.9. The van der Waals surface area contributed by atoms with Gasteiger partial charge in [0, 0.05) is 32.4 Å². The lowest BCUT2D eigenvalue weighted by Crippen LogP contribution is -2.35. The molecule has 2 amide bonds. The highest BCUT2D eigenvalue weighted by atomic mass is 16.2. The summed E-state index contributed by atoms with van der Waals surface area (Å²) in [5.41, 5.74) is 0.919. The zero-order valence-corrected chi connectivity index (χ0v) is 13.4. The summed E-state index contributed by atoms with van der Waals surface area (Å²) in [5, 5.41) is 2.99. The van der Waals surface area contributed by atoms with Gasteiger partial charge in [-0.2, -0.15) is 0 Å². The van der Waals surface area contributed by atoms with Crippen LogP contribution in [0.5, 0.6) is 0 Å². The molecule has 0 bridgehead atoms. The molecule has 2 rings (SSSR count). The van der Waals surface area contributed by atoms with Crippen LogP contribution in [0.1, 0.15) is 50.6 Å². The molecular formula is C17H25N3O2. The number of pyridine rings is 1. The summed E-state index contributed by atoms with van der Waals surface area (Å²) in [7, 11) is 1.76. The third-order valence-electron chi connectivity index (χ3n) is 4.28. The van der Waals surface area contributed by atoms with Crippen LogP contribution in [-0.4, -0.2) is 35.3 Å². The molecule has 0 spiro atoms. The first-order valence-corrected chi connectivity index (χ1v) is 8.08. The minimum absolute atomic E-state index is 0.0139. The van der Waals surface area contributed by atoms with E-state index in [9.17, 15) is 9.59 Å². The SMILES string of the molecule is CCCCCCNC(=O)C1CC(=O)N(C)C1c1cccnc1. The van der Waals surface area contributed by atoms with Crippen molar-refractivity contribution in [2.45, 2.75) is 45.1 Å². The van der Waals surface area contributed by atoms with Crippen LogP contribution in [0.4, 0.5) is 0 Å². The van der Waals surface area contributed by atoms with E-state index >= 15 is 0 Å². The predicted molar refractivity (Wildman–Crippen MR) is 85.0 cm³/mol. The van der Waals surface area contributed by atoms with Crippen molar-refractivity contribution in [2.24, 2.45) is 5.92 Å². The number of hydrogen-bond acceptors (Lipinski definition) is 3. The van der Waals surface area contributed by atoms with Crippen molar-refractivity contribution in [3.05, 3.63) is 30.1 Å². The van der Waals surface area contributed by atoms with Crippen LogP contribution in [0.3, 0.4) is 0 Å². The second-order valence-corrected chi connectivity index (χ2v) is 5.90. The minimum atomic E-state index is -0.326. The van der Waals surface area contributed by atoms with Crippen LogP contribution >= 0.6 is 0 Å². The topological polar surface area (TPSA) is 62.3 Å². The molecule has 5 heteroatoms. The molecule has 2 heterocycles. The van der Waals surface area contributed by atoms with E-state index in [1.807, 2.05) is 12.1 Å². The molecule has 0 saturated carbocycles. The molecule has 1 aromatic heterocycles. The van der Waals surface area contributed by atoms with Gasteiger partial charge in [-0.15, -0.1) is 0 Å². The summed E-state index contributed by atoms with van der Waals surface area (Å²) >= 11 is 0. The first-order chi connectivity index (χ1) is 10.6. The quantitative estimate of drug-likeness (QED) is 0.786. The van der Waals surface area contributed by atoms with Gasteiger partial charge in [-0.1, -0.05) is 32.3 Å². The maximum absolute atomic E-state index is 12.4. The van der Waals surface area contributed by atoms with Crippen LogP contribution in [0.25, 0.3) is 0 Å². The Labute approximate surface area is 132 Å². The van der Waals surface area contributed by atoms with Crippen molar-refractivity contribution in [3.8, 4) is 0 Å². The Morgan fingerprint density at radius 2 is 2.23 bits per heavy atom. The monoisotopic (exact) mass is 303 g/mol. The number of likely N-dealkylation sites (tertiary alicyclic amines) is 1. The van der Waals surface area contributed by atoms with Gasteiger partial charge < -0.3 is 10.2 Å². The lowest BCUT2D eigenvalue weighted by molar-refractivity contribution is -0.128. The number of nitrogens with zero attached hydrogens (tertiary/aromatic N) is 2. The maximum Gasteiger partial charge on any atom is 0.226 e. The Kier molecular flexibility index (Phi) is 5.92. The number of hydrogen-bond donors (Lipinski definition) is 1. The Balaban J connectivity index is 1.98. The van der Waals surface area contributed by atoms with Gasteiger partial charge in [-0.25, -0.2) is 0 Å². The van der Waals surface area contributed by atoms with Crippen molar-refractivity contribution in [1.29, 1.82) is 0 Å². The number of aromatic nitrogens is 1. The Hall–Kier alpha value is -1.91. The van der Waals surface area contributed by atoms with Gasteiger partial charge in [0.1, 0.15) is 0 Å². The molecule has 2 unspecified atom stereocenters. The summed E-state index contributed by atoms with van der Waals surface area (Å²) in [6.45, 7) is 2.85. The molecule has 0 radical (unpaired) electrons. The third kappa shape index (κ3) is 3.84. The molecule has 0 aromatic carbocycles. The summed E-state index contributed by atoms with van der Waals surface area (Å²) in [5.74, 6) is -0.337. The van der Waals surface area contributed by atoms with Gasteiger partial charge in [-0.05, 0) is 18.1 Å². The van der Waals surface area contributed by atoms with E-state index in [4.69, 9.17) is 0 Å². The normalized spacial score (nSPS) is 21.2. The van der Waals surface area contributed by atoms with Crippen molar-refractivity contribution in [2.75, 3.05) is 13.6 Å². The zero-order valence-electron chi connectivity index (χ0n) is 13.4. The van der Waals surface area contributed by atoms with Crippen LogP contribution in [0.15, 0.2) is 24.5 Å². The minimum Gasteiger partial charge on any atom is -0.356 e. The molecule has 22 heavy (non-hydrogen) atoms. The molecule has 0 aliphatic carbocycles. The van der Waals surface area contributed by atoms with Gasteiger partial charge in [0.15, 0.2) is 0 Å². The van der Waals surface area contributed by atoms with Gasteiger partial charge >= 0.3 is 0 Å². The maximum atomic E-state index is 12.4. The highest BCUT2D eigenvalue weighted by molar-refractivity contribution is 5.90. The molecular weight excluding hydrogens is 278 g/mol. The third-order valence-corrected chi connectivity index (χ3v) is 4.28. The number of carbonyl (C=O) groups excluding carboxylic acids is 2. The van der Waals surface area contributed by atoms with Crippen molar-refractivity contribution < 1.29 is 9.59 Å². The Morgan fingerprint density at radius 3 is 2.91 bits per heavy atom. The number of unbranched alkanes of at least 4 members (excludes halogenated alkanes) is 3. The van der Waals surface area contributed by atoms with E-state index in [0.717, 1.165) is 18.4 Å². The second-order valence-electron chi connectivity index (χ2n) is 5.90. The van der Waals surface area contributed by atoms with Crippen LogP contribution < -0.4 is 5.32 Å². The predicted octanol–water partition coefficient (Wildman–Crippen LogP) is 2.30. The number of nitrogens with one attached hydrogen (secondary N) is 1. The van der Waals surface area contributed by atoms with Crippen LogP contribution in [0, 0.1) is 5.92 Å². The summed E-state index contributed by atoms with van der Waals surface area (Å²) in [4.78, 5) is 30.2. The Morgan fingerprint density at radius 1 is 1.41 bits per heavy atom. The highest BCUT2D eigenvalue weighted by Crippen LogP contribution is 2.36. The Bertz CT molecular complexity index is 504. The molecule has 1 aromatic rings. The van der Waals surface area contributed by atoms with E-state index in [2.05, 4.69) is 17.2 Å². The fraction of sp³-hybridized carbons (Fsp3) is 0.588.